The fourth-order valence-electron chi connectivity index (χ4n) is 3.34. The summed E-state index contributed by atoms with van der Waals surface area (Å²) < 4.78 is 50.8. The molecule has 0 spiro atoms. The van der Waals surface area contributed by atoms with Crippen molar-refractivity contribution in [1.29, 1.82) is 0 Å². The van der Waals surface area contributed by atoms with Gasteiger partial charge in [-0.3, -0.25) is 4.79 Å². The zero-order chi connectivity index (χ0) is 28.0. The highest BCUT2D eigenvalue weighted by Gasteiger charge is 2.31. The van der Waals surface area contributed by atoms with Gasteiger partial charge in [-0.1, -0.05) is 31.1 Å². The molecule has 1 heterocycles. The first-order valence-electron chi connectivity index (χ1n) is 11.3. The highest BCUT2D eigenvalue weighted by molar-refractivity contribution is 6.00. The predicted molar refractivity (Wildman–Crippen MR) is 131 cm³/mol. The second-order valence-electron chi connectivity index (χ2n) is 8.48. The van der Waals surface area contributed by atoms with Crippen LogP contribution in [0.4, 0.5) is 29.3 Å². The highest BCUT2D eigenvalue weighted by Crippen LogP contribution is 2.27. The number of hydrogen-bond donors (Lipinski definition) is 3. The molecule has 0 saturated carbocycles. The quantitative estimate of drug-likeness (QED) is 0.342. The maximum absolute atomic E-state index is 12.5. The fourth-order valence-corrected chi connectivity index (χ4v) is 3.34. The minimum Gasteiger partial charge on any atom is -0.467 e. The average Bonchev–Trinajstić information content (AvgIpc) is 3.33. The van der Waals surface area contributed by atoms with Crippen molar-refractivity contribution in [2.45, 2.75) is 33.2 Å². The highest BCUT2D eigenvalue weighted by atomic mass is 19.4. The Morgan fingerprint density at radius 2 is 1.68 bits per heavy atom. The summed E-state index contributed by atoms with van der Waals surface area (Å²) in [4.78, 5) is 36.7. The molecule has 0 saturated heterocycles. The molecule has 3 amide bonds. The Kier molecular flexibility index (Phi) is 8.61. The van der Waals surface area contributed by atoms with Gasteiger partial charge in [-0.15, -0.1) is 13.2 Å². The van der Waals surface area contributed by atoms with Crippen LogP contribution in [-0.4, -0.2) is 42.6 Å². The van der Waals surface area contributed by atoms with Gasteiger partial charge in [-0.2, -0.15) is 0 Å². The third-order valence-electron chi connectivity index (χ3n) is 5.26. The maximum Gasteiger partial charge on any atom is 0.573 e. The van der Waals surface area contributed by atoms with Crippen molar-refractivity contribution in [1.82, 2.24) is 10.5 Å². The van der Waals surface area contributed by atoms with Gasteiger partial charge in [-0.25, -0.2) is 9.59 Å². The monoisotopic (exact) mass is 534 g/mol. The molecule has 38 heavy (non-hydrogen) atoms. The summed E-state index contributed by atoms with van der Waals surface area (Å²) in [6, 6.07) is 9.93. The number of ether oxygens (including phenoxy) is 2. The number of esters is 1. The number of carbonyl (C=O) groups excluding carboxylic acids is 3. The molecule has 3 aromatic rings. The molecule has 0 aliphatic heterocycles. The summed E-state index contributed by atoms with van der Waals surface area (Å²) in [5.74, 6) is -1.91. The Morgan fingerprint density at radius 1 is 1.00 bits per heavy atom. The van der Waals surface area contributed by atoms with E-state index >= 15 is 0 Å². The molecule has 0 radical (unpaired) electrons. The lowest BCUT2D eigenvalue weighted by atomic mass is 10.0. The Morgan fingerprint density at radius 3 is 2.26 bits per heavy atom. The second-order valence-corrected chi connectivity index (χ2v) is 8.48. The molecule has 0 fully saturated rings. The van der Waals surface area contributed by atoms with Crippen molar-refractivity contribution in [2.24, 2.45) is 5.92 Å². The number of aromatic nitrogens is 1. The first-order valence-corrected chi connectivity index (χ1v) is 11.3. The summed E-state index contributed by atoms with van der Waals surface area (Å²) in [5.41, 5.74) is 2.02. The number of hydrogen-bond acceptors (Lipinski definition) is 7. The third kappa shape index (κ3) is 7.48. The standard InChI is InChI=1S/C25H25F3N4O6/c1-13(2)21(23(34)36-4)31-22(33)20-12-19(32-38-20)15-5-7-16(8-6-15)29-24(35)30-18-10-9-17(11-14(18)3)37-25(26,27)28/h5-13,21H,1-4H3,(H,31,33)(H2,29,30,35). The summed E-state index contributed by atoms with van der Waals surface area (Å²) in [6.45, 7) is 5.04. The zero-order valence-corrected chi connectivity index (χ0v) is 20.8. The maximum atomic E-state index is 12.5. The largest absolute Gasteiger partial charge is 0.573 e. The Labute approximate surface area is 215 Å². The van der Waals surface area contributed by atoms with Gasteiger partial charge in [0.15, 0.2) is 0 Å². The van der Waals surface area contributed by atoms with Crippen LogP contribution < -0.4 is 20.7 Å². The molecule has 3 rings (SSSR count). The van der Waals surface area contributed by atoms with E-state index in [0.29, 0.717) is 28.2 Å². The second kappa shape index (κ2) is 11.7. The first kappa shape index (κ1) is 28.0. The van der Waals surface area contributed by atoms with E-state index in [-0.39, 0.29) is 11.7 Å². The Balaban J connectivity index is 1.61. The SMILES string of the molecule is COC(=O)C(NC(=O)c1cc(-c2ccc(NC(=O)Nc3ccc(OC(F)(F)F)cc3C)cc2)no1)C(C)C. The van der Waals surface area contributed by atoms with Gasteiger partial charge < -0.3 is 29.9 Å². The van der Waals surface area contributed by atoms with E-state index in [2.05, 4.69) is 25.8 Å². The molecule has 0 aliphatic carbocycles. The molecule has 2 aromatic carbocycles. The number of methoxy groups -OCH3 is 1. The van der Waals surface area contributed by atoms with Crippen LogP contribution in [0.3, 0.4) is 0 Å². The topological polar surface area (TPSA) is 132 Å². The van der Waals surface area contributed by atoms with E-state index in [1.165, 1.54) is 26.2 Å². The summed E-state index contributed by atoms with van der Waals surface area (Å²) in [5, 5.41) is 11.6. The fraction of sp³-hybridized carbons (Fsp3) is 0.280. The molecule has 1 atom stereocenters. The van der Waals surface area contributed by atoms with E-state index in [1.807, 2.05) is 0 Å². The van der Waals surface area contributed by atoms with Crippen molar-refractivity contribution >= 4 is 29.3 Å². The normalized spacial score (nSPS) is 12.0. The number of benzene rings is 2. The van der Waals surface area contributed by atoms with Crippen LogP contribution in [0.25, 0.3) is 11.3 Å². The Bertz CT molecular complexity index is 1310. The summed E-state index contributed by atoms with van der Waals surface area (Å²) >= 11 is 0. The molecule has 13 heteroatoms. The third-order valence-corrected chi connectivity index (χ3v) is 5.26. The molecule has 1 unspecified atom stereocenters. The van der Waals surface area contributed by atoms with Gasteiger partial charge in [0, 0.05) is 23.0 Å². The first-order chi connectivity index (χ1) is 17.9. The van der Waals surface area contributed by atoms with Crippen LogP contribution in [-0.2, 0) is 9.53 Å². The van der Waals surface area contributed by atoms with Crippen molar-refractivity contribution in [3.63, 3.8) is 0 Å². The number of amides is 3. The number of nitrogens with zero attached hydrogens (tertiary/aromatic N) is 1. The summed E-state index contributed by atoms with van der Waals surface area (Å²) in [6.07, 6.45) is -4.81. The van der Waals surface area contributed by atoms with Crippen LogP contribution in [0, 0.1) is 12.8 Å². The van der Waals surface area contributed by atoms with Gasteiger partial charge >= 0.3 is 18.4 Å². The van der Waals surface area contributed by atoms with Crippen molar-refractivity contribution < 1.29 is 41.6 Å². The van der Waals surface area contributed by atoms with Crippen LogP contribution >= 0.6 is 0 Å². The number of nitrogens with one attached hydrogen (secondary N) is 3. The van der Waals surface area contributed by atoms with Gasteiger partial charge in [0.2, 0.25) is 5.76 Å². The lowest BCUT2D eigenvalue weighted by molar-refractivity contribution is -0.274. The van der Waals surface area contributed by atoms with Gasteiger partial charge in [0.25, 0.3) is 5.91 Å². The molecule has 1 aromatic heterocycles. The molecular weight excluding hydrogens is 509 g/mol. The average molecular weight is 534 g/mol. The molecule has 202 valence electrons. The molecule has 0 aliphatic rings. The van der Waals surface area contributed by atoms with Crippen LogP contribution in [0.5, 0.6) is 5.75 Å². The van der Waals surface area contributed by atoms with Gasteiger partial charge in [-0.05, 0) is 48.7 Å². The van der Waals surface area contributed by atoms with E-state index in [0.717, 1.165) is 12.1 Å². The van der Waals surface area contributed by atoms with Crippen molar-refractivity contribution in [2.75, 3.05) is 17.7 Å². The number of halogens is 3. The van der Waals surface area contributed by atoms with Crippen molar-refractivity contribution in [3.05, 3.63) is 59.9 Å². The molecule has 0 bridgehead atoms. The summed E-state index contributed by atoms with van der Waals surface area (Å²) in [7, 11) is 1.23. The minimum absolute atomic E-state index is 0.0989. The van der Waals surface area contributed by atoms with Crippen LogP contribution in [0.2, 0.25) is 0 Å². The van der Waals surface area contributed by atoms with Crippen molar-refractivity contribution in [3.8, 4) is 17.0 Å². The number of rotatable bonds is 8. The molecule has 3 N–H and O–H groups in total. The van der Waals surface area contributed by atoms with Crippen LogP contribution in [0.1, 0.15) is 30.0 Å². The predicted octanol–water partition coefficient (Wildman–Crippen LogP) is 5.12. The number of alkyl halides is 3. The minimum atomic E-state index is -4.81. The molecule has 10 nitrogen and oxygen atoms in total. The lowest BCUT2D eigenvalue weighted by Crippen LogP contribution is -2.44. The number of carbonyl (C=O) groups is 3. The van der Waals surface area contributed by atoms with Gasteiger partial charge in [0.05, 0.1) is 7.11 Å². The lowest BCUT2D eigenvalue weighted by Gasteiger charge is -2.18. The molecular formula is C25H25F3N4O6. The number of anilines is 2. The van der Waals surface area contributed by atoms with E-state index in [9.17, 15) is 27.6 Å². The van der Waals surface area contributed by atoms with E-state index in [1.54, 1.807) is 38.1 Å². The van der Waals surface area contributed by atoms with Gasteiger partial charge in [0.1, 0.15) is 17.5 Å². The Hall–Kier alpha value is -4.55. The van der Waals surface area contributed by atoms with E-state index < -0.39 is 36.1 Å². The zero-order valence-electron chi connectivity index (χ0n) is 20.8. The van der Waals surface area contributed by atoms with E-state index in [4.69, 9.17) is 9.26 Å². The smallest absolute Gasteiger partial charge is 0.467 e. The van der Waals surface area contributed by atoms with Crippen LogP contribution in [0.15, 0.2) is 53.1 Å². The number of urea groups is 1. The number of aryl methyl sites for hydroxylation is 1.